The van der Waals surface area contributed by atoms with Crippen LogP contribution in [0, 0.1) is 13.8 Å². The van der Waals surface area contributed by atoms with Crippen molar-refractivity contribution in [2.24, 2.45) is 0 Å². The molecule has 2 aromatic carbocycles. The molecule has 0 saturated heterocycles. The molecule has 0 saturated carbocycles. The van der Waals surface area contributed by atoms with Gasteiger partial charge in [-0.1, -0.05) is 48.0 Å². The number of Topliss-reactive ketones (excluding diaryl/α,β-unsaturated/α-hetero) is 1. The third kappa shape index (κ3) is 5.41. The Kier molecular flexibility index (Phi) is 6.44. The average molecular weight is 351 g/mol. The van der Waals surface area contributed by atoms with Crippen molar-refractivity contribution < 1.29 is 19.1 Å². The predicted octanol–water partition coefficient (Wildman–Crippen LogP) is 3.21. The van der Waals surface area contributed by atoms with Crippen LogP contribution in [0.5, 0.6) is 0 Å². The first-order chi connectivity index (χ1) is 12.4. The number of rotatable bonds is 6. The van der Waals surface area contributed by atoms with Crippen molar-refractivity contribution in [2.75, 3.05) is 6.61 Å². The number of carbonyl (C=O) groups is 3. The van der Waals surface area contributed by atoms with E-state index in [9.17, 15) is 14.4 Å². The van der Waals surface area contributed by atoms with Crippen molar-refractivity contribution >= 4 is 23.7 Å². The van der Waals surface area contributed by atoms with E-state index in [1.807, 2.05) is 44.2 Å². The Morgan fingerprint density at radius 2 is 1.73 bits per heavy atom. The highest BCUT2D eigenvalue weighted by molar-refractivity contribution is 6.02. The lowest BCUT2D eigenvalue weighted by atomic mass is 10.0. The monoisotopic (exact) mass is 351 g/mol. The number of ketones is 1. The summed E-state index contributed by atoms with van der Waals surface area (Å²) in [5.74, 6) is -1.45. The average Bonchev–Trinajstić information content (AvgIpc) is 2.61. The fourth-order valence-corrected chi connectivity index (χ4v) is 2.37. The molecular formula is C21H21NO4. The van der Waals surface area contributed by atoms with Gasteiger partial charge in [-0.2, -0.15) is 0 Å². The van der Waals surface area contributed by atoms with Gasteiger partial charge in [0.2, 0.25) is 11.7 Å². The molecule has 0 heterocycles. The largest absolute Gasteiger partial charge is 0.453 e. The van der Waals surface area contributed by atoms with Gasteiger partial charge < -0.3 is 10.1 Å². The van der Waals surface area contributed by atoms with E-state index in [0.29, 0.717) is 5.56 Å². The van der Waals surface area contributed by atoms with E-state index in [1.165, 1.54) is 13.0 Å². The molecule has 0 bridgehead atoms. The van der Waals surface area contributed by atoms with Crippen molar-refractivity contribution in [3.63, 3.8) is 0 Å². The van der Waals surface area contributed by atoms with Gasteiger partial charge in [0.25, 0.3) is 0 Å². The number of esters is 1. The summed E-state index contributed by atoms with van der Waals surface area (Å²) in [5, 5.41) is 2.45. The Morgan fingerprint density at radius 1 is 1.04 bits per heavy atom. The van der Waals surface area contributed by atoms with Crippen molar-refractivity contribution in [3.05, 3.63) is 76.5 Å². The Labute approximate surface area is 152 Å². The number of amides is 1. The van der Waals surface area contributed by atoms with E-state index in [1.54, 1.807) is 18.2 Å². The molecule has 0 aliphatic carbocycles. The summed E-state index contributed by atoms with van der Waals surface area (Å²) in [6, 6.07) is 14.6. The Morgan fingerprint density at radius 3 is 2.38 bits per heavy atom. The second kappa shape index (κ2) is 8.76. The lowest BCUT2D eigenvalue weighted by Crippen LogP contribution is -2.27. The first-order valence-corrected chi connectivity index (χ1v) is 8.18. The van der Waals surface area contributed by atoms with E-state index < -0.39 is 18.5 Å². The highest BCUT2D eigenvalue weighted by Crippen LogP contribution is 2.12. The fourth-order valence-electron chi connectivity index (χ4n) is 2.37. The summed E-state index contributed by atoms with van der Waals surface area (Å²) in [6.07, 6.45) is 1.51. The van der Waals surface area contributed by atoms with E-state index in [2.05, 4.69) is 5.32 Å². The van der Waals surface area contributed by atoms with Gasteiger partial charge in [0.05, 0.1) is 0 Å². The van der Waals surface area contributed by atoms with Gasteiger partial charge in [0.15, 0.2) is 6.61 Å². The normalized spacial score (nSPS) is 11.0. The zero-order valence-corrected chi connectivity index (χ0v) is 15.0. The molecule has 2 aromatic rings. The first-order valence-electron chi connectivity index (χ1n) is 8.18. The topological polar surface area (TPSA) is 72.5 Å². The third-order valence-electron chi connectivity index (χ3n) is 3.67. The standard InChI is InChI=1S/C21H21NO4/c1-14-9-10-15(2)18(11-14)20(24)13-26-21(25)19(22-16(3)23)12-17-7-5-4-6-8-17/h4-12H,13H2,1-3H3,(H,22,23)/b19-12-. The van der Waals surface area contributed by atoms with E-state index >= 15 is 0 Å². The van der Waals surface area contributed by atoms with Gasteiger partial charge in [0.1, 0.15) is 5.70 Å². The number of hydrogen-bond acceptors (Lipinski definition) is 4. The van der Waals surface area contributed by atoms with Crippen LogP contribution in [0.2, 0.25) is 0 Å². The number of aryl methyl sites for hydroxylation is 2. The second-order valence-electron chi connectivity index (χ2n) is 5.97. The zero-order valence-electron chi connectivity index (χ0n) is 15.0. The van der Waals surface area contributed by atoms with E-state index in [-0.39, 0.29) is 11.5 Å². The molecule has 0 unspecified atom stereocenters. The summed E-state index contributed by atoms with van der Waals surface area (Å²) < 4.78 is 5.12. The summed E-state index contributed by atoms with van der Waals surface area (Å²) in [7, 11) is 0. The lowest BCUT2D eigenvalue weighted by Gasteiger charge is -2.10. The molecule has 0 spiro atoms. The Bertz CT molecular complexity index is 854. The highest BCUT2D eigenvalue weighted by atomic mass is 16.5. The molecule has 0 fully saturated rings. The minimum absolute atomic E-state index is 0.0162. The first kappa shape index (κ1) is 19.1. The Hall–Kier alpha value is -3.21. The molecule has 26 heavy (non-hydrogen) atoms. The second-order valence-corrected chi connectivity index (χ2v) is 5.97. The molecule has 0 atom stereocenters. The SMILES string of the molecule is CC(=O)N/C(=C\c1ccccc1)C(=O)OCC(=O)c1cc(C)ccc1C. The minimum atomic E-state index is -0.761. The summed E-state index contributed by atoms with van der Waals surface area (Å²) in [4.78, 5) is 36.0. The highest BCUT2D eigenvalue weighted by Gasteiger charge is 2.16. The van der Waals surface area contributed by atoms with E-state index in [0.717, 1.165) is 16.7 Å². The van der Waals surface area contributed by atoms with Crippen LogP contribution in [-0.2, 0) is 14.3 Å². The number of nitrogens with one attached hydrogen (secondary N) is 1. The number of hydrogen-bond donors (Lipinski definition) is 1. The molecule has 5 heteroatoms. The zero-order chi connectivity index (χ0) is 19.1. The molecule has 2 rings (SSSR count). The molecule has 0 radical (unpaired) electrons. The smallest absolute Gasteiger partial charge is 0.355 e. The number of benzene rings is 2. The molecular weight excluding hydrogens is 330 g/mol. The quantitative estimate of drug-likeness (QED) is 0.493. The van der Waals surface area contributed by atoms with Crippen molar-refractivity contribution in [3.8, 4) is 0 Å². The van der Waals surface area contributed by atoms with Crippen LogP contribution in [0.25, 0.3) is 6.08 Å². The molecule has 1 N–H and O–H groups in total. The lowest BCUT2D eigenvalue weighted by molar-refractivity contribution is -0.139. The van der Waals surface area contributed by atoms with Crippen LogP contribution >= 0.6 is 0 Å². The van der Waals surface area contributed by atoms with Gasteiger partial charge in [-0.25, -0.2) is 4.79 Å². The van der Waals surface area contributed by atoms with Gasteiger partial charge in [0, 0.05) is 12.5 Å². The van der Waals surface area contributed by atoms with Crippen LogP contribution in [0.15, 0.2) is 54.2 Å². The summed E-state index contributed by atoms with van der Waals surface area (Å²) in [5.41, 5.74) is 3.00. The van der Waals surface area contributed by atoms with Crippen LogP contribution in [-0.4, -0.2) is 24.3 Å². The molecule has 0 aliphatic rings. The van der Waals surface area contributed by atoms with Crippen LogP contribution < -0.4 is 5.32 Å². The minimum Gasteiger partial charge on any atom is -0.453 e. The molecule has 1 amide bonds. The van der Waals surface area contributed by atoms with Crippen molar-refractivity contribution in [1.82, 2.24) is 5.32 Å². The van der Waals surface area contributed by atoms with Crippen LogP contribution in [0.3, 0.4) is 0 Å². The Balaban J connectivity index is 2.12. The summed E-state index contributed by atoms with van der Waals surface area (Å²) in [6.45, 7) is 4.62. The third-order valence-corrected chi connectivity index (χ3v) is 3.67. The maximum Gasteiger partial charge on any atom is 0.355 e. The van der Waals surface area contributed by atoms with Crippen molar-refractivity contribution in [1.29, 1.82) is 0 Å². The van der Waals surface area contributed by atoms with Gasteiger partial charge in [-0.15, -0.1) is 0 Å². The maximum absolute atomic E-state index is 12.3. The van der Waals surface area contributed by atoms with Crippen LogP contribution in [0.4, 0.5) is 0 Å². The van der Waals surface area contributed by atoms with Gasteiger partial charge in [-0.05, 0) is 37.1 Å². The van der Waals surface area contributed by atoms with Gasteiger partial charge in [-0.3, -0.25) is 9.59 Å². The molecule has 5 nitrogen and oxygen atoms in total. The molecule has 134 valence electrons. The van der Waals surface area contributed by atoms with E-state index in [4.69, 9.17) is 4.74 Å². The fraction of sp³-hybridized carbons (Fsp3) is 0.190. The maximum atomic E-state index is 12.3. The van der Waals surface area contributed by atoms with Crippen molar-refractivity contribution in [2.45, 2.75) is 20.8 Å². The van der Waals surface area contributed by atoms with Crippen LogP contribution in [0.1, 0.15) is 34.0 Å². The molecule has 0 aliphatic heterocycles. The van der Waals surface area contributed by atoms with Gasteiger partial charge >= 0.3 is 5.97 Å². The number of carbonyl (C=O) groups excluding carboxylic acids is 3. The predicted molar refractivity (Wildman–Crippen MR) is 99.4 cm³/mol. The number of ether oxygens (including phenoxy) is 1. The molecule has 0 aromatic heterocycles. The summed E-state index contributed by atoms with van der Waals surface area (Å²) >= 11 is 0.